The van der Waals surface area contributed by atoms with Crippen molar-refractivity contribution in [2.45, 2.75) is 25.3 Å². The molecule has 1 aromatic carbocycles. The quantitative estimate of drug-likeness (QED) is 0.651. The summed E-state index contributed by atoms with van der Waals surface area (Å²) < 4.78 is 0. The molecule has 0 unspecified atom stereocenters. The number of carbonyl (C=O) groups is 1. The van der Waals surface area contributed by atoms with E-state index in [1.807, 2.05) is 0 Å². The average molecular weight is 205 g/mol. The van der Waals surface area contributed by atoms with Crippen molar-refractivity contribution in [1.82, 2.24) is 0 Å². The van der Waals surface area contributed by atoms with Crippen LogP contribution in [-0.2, 0) is 0 Å². The molecule has 5 N–H and O–H groups in total. The predicted molar refractivity (Wildman–Crippen MR) is 60.6 cm³/mol. The van der Waals surface area contributed by atoms with E-state index in [2.05, 4.69) is 5.32 Å². The van der Waals surface area contributed by atoms with Crippen molar-refractivity contribution >= 4 is 17.3 Å². The second-order valence-corrected chi connectivity index (χ2v) is 3.94. The first-order chi connectivity index (χ1) is 7.16. The second-order valence-electron chi connectivity index (χ2n) is 3.94. The molecule has 1 aliphatic carbocycles. The Bertz CT molecular complexity index is 385. The first-order valence-electron chi connectivity index (χ1n) is 5.12. The van der Waals surface area contributed by atoms with Gasteiger partial charge in [0.05, 0.1) is 5.56 Å². The fourth-order valence-electron chi connectivity index (χ4n) is 1.67. The Hall–Kier alpha value is -1.71. The Morgan fingerprint density at radius 1 is 1.40 bits per heavy atom. The van der Waals surface area contributed by atoms with Crippen LogP contribution in [0.3, 0.4) is 0 Å². The number of nitrogen functional groups attached to an aromatic ring is 1. The van der Waals surface area contributed by atoms with E-state index in [0.29, 0.717) is 17.3 Å². The largest absolute Gasteiger partial charge is 0.399 e. The Morgan fingerprint density at radius 3 is 2.67 bits per heavy atom. The number of benzene rings is 1. The van der Waals surface area contributed by atoms with E-state index in [4.69, 9.17) is 11.5 Å². The van der Waals surface area contributed by atoms with Crippen molar-refractivity contribution in [3.05, 3.63) is 23.8 Å². The third-order valence-corrected chi connectivity index (χ3v) is 2.77. The number of carbonyl (C=O) groups excluding carboxylic acids is 1. The molecule has 0 radical (unpaired) electrons. The monoisotopic (exact) mass is 205 g/mol. The van der Waals surface area contributed by atoms with Crippen molar-refractivity contribution in [2.75, 3.05) is 11.1 Å². The summed E-state index contributed by atoms with van der Waals surface area (Å²) in [6.07, 6.45) is 3.53. The number of nitrogens with one attached hydrogen (secondary N) is 1. The van der Waals surface area contributed by atoms with Crippen LogP contribution in [0.25, 0.3) is 0 Å². The van der Waals surface area contributed by atoms with Gasteiger partial charge in [0, 0.05) is 17.4 Å². The fourth-order valence-corrected chi connectivity index (χ4v) is 1.67. The molecule has 1 aromatic rings. The Morgan fingerprint density at radius 2 is 2.13 bits per heavy atom. The van der Waals surface area contributed by atoms with E-state index in [9.17, 15) is 4.79 Å². The standard InChI is InChI=1S/C11H15N3O/c12-7-4-5-9(11(13)15)10(6-7)14-8-2-1-3-8/h4-6,8,14H,1-3,12H2,(H2,13,15). The van der Waals surface area contributed by atoms with Gasteiger partial charge in [-0.05, 0) is 37.5 Å². The molecule has 4 nitrogen and oxygen atoms in total. The Labute approximate surface area is 88.6 Å². The first-order valence-corrected chi connectivity index (χ1v) is 5.12. The summed E-state index contributed by atoms with van der Waals surface area (Å²) in [5, 5.41) is 3.29. The Kier molecular flexibility index (Phi) is 2.49. The lowest BCUT2D eigenvalue weighted by Crippen LogP contribution is -2.28. The second kappa shape index (κ2) is 3.81. The lowest BCUT2D eigenvalue weighted by molar-refractivity contribution is 0.100. The summed E-state index contributed by atoms with van der Waals surface area (Å²) in [5.74, 6) is -0.420. The van der Waals surface area contributed by atoms with Crippen molar-refractivity contribution in [3.63, 3.8) is 0 Å². The first kappa shape index (κ1) is 9.83. The van der Waals surface area contributed by atoms with E-state index in [1.165, 1.54) is 6.42 Å². The van der Waals surface area contributed by atoms with Crippen LogP contribution in [0.1, 0.15) is 29.6 Å². The number of hydrogen-bond acceptors (Lipinski definition) is 3. The predicted octanol–water partition coefficient (Wildman–Crippen LogP) is 1.33. The van der Waals surface area contributed by atoms with Crippen LogP contribution in [-0.4, -0.2) is 11.9 Å². The summed E-state index contributed by atoms with van der Waals surface area (Å²) >= 11 is 0. The number of primary amides is 1. The molecule has 0 aromatic heterocycles. The van der Waals surface area contributed by atoms with Crippen LogP contribution >= 0.6 is 0 Å². The van der Waals surface area contributed by atoms with Crippen LogP contribution in [0.15, 0.2) is 18.2 Å². The molecule has 15 heavy (non-hydrogen) atoms. The maximum atomic E-state index is 11.2. The highest BCUT2D eigenvalue weighted by atomic mass is 16.1. The van der Waals surface area contributed by atoms with Crippen LogP contribution < -0.4 is 16.8 Å². The molecule has 4 heteroatoms. The number of hydrogen-bond donors (Lipinski definition) is 3. The minimum atomic E-state index is -0.420. The van der Waals surface area contributed by atoms with Gasteiger partial charge in [-0.2, -0.15) is 0 Å². The molecule has 2 rings (SSSR count). The smallest absolute Gasteiger partial charge is 0.250 e. The molecule has 0 bridgehead atoms. The highest BCUT2D eigenvalue weighted by Crippen LogP contribution is 2.26. The van der Waals surface area contributed by atoms with Gasteiger partial charge in [0.15, 0.2) is 0 Å². The molecule has 0 spiro atoms. The molecule has 80 valence electrons. The molecule has 1 aliphatic rings. The van der Waals surface area contributed by atoms with Gasteiger partial charge < -0.3 is 16.8 Å². The maximum absolute atomic E-state index is 11.2. The molecule has 0 atom stereocenters. The van der Waals surface area contributed by atoms with Gasteiger partial charge in [-0.15, -0.1) is 0 Å². The molecule has 0 saturated heterocycles. The Balaban J connectivity index is 2.24. The average Bonchev–Trinajstić information content (AvgIpc) is 2.11. The molecule has 0 aliphatic heterocycles. The van der Waals surface area contributed by atoms with E-state index in [0.717, 1.165) is 18.5 Å². The van der Waals surface area contributed by atoms with Crippen molar-refractivity contribution < 1.29 is 4.79 Å². The zero-order valence-corrected chi connectivity index (χ0v) is 8.49. The summed E-state index contributed by atoms with van der Waals surface area (Å²) in [4.78, 5) is 11.2. The normalized spacial score (nSPS) is 15.7. The van der Waals surface area contributed by atoms with Gasteiger partial charge in [-0.25, -0.2) is 0 Å². The van der Waals surface area contributed by atoms with E-state index >= 15 is 0 Å². The van der Waals surface area contributed by atoms with Gasteiger partial charge >= 0.3 is 0 Å². The zero-order chi connectivity index (χ0) is 10.8. The van der Waals surface area contributed by atoms with E-state index in [-0.39, 0.29) is 0 Å². The van der Waals surface area contributed by atoms with Gasteiger partial charge in [-0.1, -0.05) is 0 Å². The molecular formula is C11H15N3O. The topological polar surface area (TPSA) is 81.1 Å². The van der Waals surface area contributed by atoms with Gasteiger partial charge in [-0.3, -0.25) is 4.79 Å². The van der Waals surface area contributed by atoms with Crippen molar-refractivity contribution in [1.29, 1.82) is 0 Å². The minimum absolute atomic E-state index is 0.420. The third-order valence-electron chi connectivity index (χ3n) is 2.77. The highest BCUT2D eigenvalue weighted by molar-refractivity contribution is 5.99. The third kappa shape index (κ3) is 2.03. The SMILES string of the molecule is NC(=O)c1ccc(N)cc1NC1CCC1. The number of rotatable bonds is 3. The van der Waals surface area contributed by atoms with Crippen LogP contribution in [0.4, 0.5) is 11.4 Å². The minimum Gasteiger partial charge on any atom is -0.399 e. The zero-order valence-electron chi connectivity index (χ0n) is 8.49. The lowest BCUT2D eigenvalue weighted by Gasteiger charge is -2.28. The van der Waals surface area contributed by atoms with Gasteiger partial charge in [0.1, 0.15) is 0 Å². The molecule has 0 heterocycles. The summed E-state index contributed by atoms with van der Waals surface area (Å²) in [5.41, 5.74) is 12.9. The highest BCUT2D eigenvalue weighted by Gasteiger charge is 2.19. The fraction of sp³-hybridized carbons (Fsp3) is 0.364. The van der Waals surface area contributed by atoms with Crippen molar-refractivity contribution in [3.8, 4) is 0 Å². The summed E-state index contributed by atoms with van der Waals surface area (Å²) in [6.45, 7) is 0. The van der Waals surface area contributed by atoms with Gasteiger partial charge in [0.25, 0.3) is 5.91 Å². The summed E-state index contributed by atoms with van der Waals surface area (Å²) in [7, 11) is 0. The molecule has 1 amide bonds. The molecular weight excluding hydrogens is 190 g/mol. The van der Waals surface area contributed by atoms with Crippen LogP contribution in [0.2, 0.25) is 0 Å². The lowest BCUT2D eigenvalue weighted by atomic mass is 9.92. The number of anilines is 2. The number of nitrogens with two attached hydrogens (primary N) is 2. The summed E-state index contributed by atoms with van der Waals surface area (Å²) in [6, 6.07) is 5.58. The van der Waals surface area contributed by atoms with E-state index in [1.54, 1.807) is 18.2 Å². The van der Waals surface area contributed by atoms with Crippen LogP contribution in [0.5, 0.6) is 0 Å². The molecule has 1 fully saturated rings. The van der Waals surface area contributed by atoms with Crippen molar-refractivity contribution in [2.24, 2.45) is 5.73 Å². The van der Waals surface area contributed by atoms with E-state index < -0.39 is 5.91 Å². The number of amides is 1. The van der Waals surface area contributed by atoms with Gasteiger partial charge in [0.2, 0.25) is 0 Å². The van der Waals surface area contributed by atoms with Crippen LogP contribution in [0, 0.1) is 0 Å². The molecule has 1 saturated carbocycles. The maximum Gasteiger partial charge on any atom is 0.250 e.